The molecule has 1 aromatic heterocycles. The molecule has 1 heterocycles. The number of hydrogen-bond donors (Lipinski definition) is 0. The van der Waals surface area contributed by atoms with E-state index in [1.165, 1.54) is 12.2 Å². The number of furan rings is 1. The Labute approximate surface area is 86.1 Å². The molecule has 3 nitrogen and oxygen atoms in total. The zero-order valence-corrected chi connectivity index (χ0v) is 7.95. The minimum Gasteiger partial charge on any atom is -0.457 e. The van der Waals surface area contributed by atoms with E-state index in [4.69, 9.17) is 4.42 Å². The topological polar surface area (TPSA) is 47.3 Å². The van der Waals surface area contributed by atoms with Crippen molar-refractivity contribution in [1.29, 1.82) is 0 Å². The van der Waals surface area contributed by atoms with Gasteiger partial charge >= 0.3 is 0 Å². The van der Waals surface area contributed by atoms with E-state index in [0.29, 0.717) is 12.8 Å². The van der Waals surface area contributed by atoms with Gasteiger partial charge in [0, 0.05) is 24.0 Å². The number of rotatable bonds is 0. The molecule has 0 amide bonds. The standard InChI is InChI=1S/C12H8O3/c13-7-1-3-11-9(5-7)10-6-8(14)2-4-12(10)15-11/h1-4H,5-6H2. The Morgan fingerprint density at radius 3 is 1.73 bits per heavy atom. The minimum atomic E-state index is 0.0631. The highest BCUT2D eigenvalue weighted by Gasteiger charge is 2.24. The van der Waals surface area contributed by atoms with Gasteiger partial charge in [-0.15, -0.1) is 0 Å². The van der Waals surface area contributed by atoms with Crippen molar-refractivity contribution in [2.75, 3.05) is 0 Å². The second kappa shape index (κ2) is 2.79. The van der Waals surface area contributed by atoms with Gasteiger partial charge in [0.2, 0.25) is 0 Å². The quantitative estimate of drug-likeness (QED) is 0.638. The third kappa shape index (κ3) is 1.20. The second-order valence-electron chi connectivity index (χ2n) is 3.74. The van der Waals surface area contributed by atoms with E-state index in [1.54, 1.807) is 12.2 Å². The molecular weight excluding hydrogens is 192 g/mol. The molecule has 0 bridgehead atoms. The molecular formula is C12H8O3. The lowest BCUT2D eigenvalue weighted by molar-refractivity contribution is -0.115. The van der Waals surface area contributed by atoms with Gasteiger partial charge in [0.1, 0.15) is 11.5 Å². The zero-order valence-electron chi connectivity index (χ0n) is 7.95. The van der Waals surface area contributed by atoms with Crippen molar-refractivity contribution in [2.45, 2.75) is 12.8 Å². The summed E-state index contributed by atoms with van der Waals surface area (Å²) >= 11 is 0. The van der Waals surface area contributed by atoms with Crippen LogP contribution < -0.4 is 0 Å². The maximum Gasteiger partial charge on any atom is 0.160 e. The SMILES string of the molecule is O=C1C=Cc2oc3c(c2C1)CC(=O)C=C3. The lowest BCUT2D eigenvalue weighted by atomic mass is 9.93. The summed E-state index contributed by atoms with van der Waals surface area (Å²) in [6.45, 7) is 0. The summed E-state index contributed by atoms with van der Waals surface area (Å²) in [5, 5.41) is 0. The predicted molar refractivity (Wildman–Crippen MR) is 54.2 cm³/mol. The summed E-state index contributed by atoms with van der Waals surface area (Å²) in [7, 11) is 0. The van der Waals surface area contributed by atoms with Crippen LogP contribution in [0.3, 0.4) is 0 Å². The van der Waals surface area contributed by atoms with E-state index in [1.807, 2.05) is 0 Å². The normalized spacial score (nSPS) is 17.9. The average Bonchev–Trinajstić information content (AvgIpc) is 2.56. The monoisotopic (exact) mass is 200 g/mol. The maximum absolute atomic E-state index is 11.3. The van der Waals surface area contributed by atoms with E-state index in [9.17, 15) is 9.59 Å². The van der Waals surface area contributed by atoms with Crippen LogP contribution in [0.2, 0.25) is 0 Å². The first-order chi connectivity index (χ1) is 7.24. The Bertz CT molecular complexity index is 483. The molecule has 0 aliphatic heterocycles. The summed E-state index contributed by atoms with van der Waals surface area (Å²) in [5.74, 6) is 1.57. The molecule has 0 saturated heterocycles. The van der Waals surface area contributed by atoms with Crippen molar-refractivity contribution in [1.82, 2.24) is 0 Å². The molecule has 0 unspecified atom stereocenters. The summed E-state index contributed by atoms with van der Waals surface area (Å²) in [5.41, 5.74) is 1.77. The Hall–Kier alpha value is -1.90. The van der Waals surface area contributed by atoms with E-state index in [0.717, 1.165) is 22.6 Å². The first-order valence-corrected chi connectivity index (χ1v) is 4.80. The van der Waals surface area contributed by atoms with Crippen LogP contribution in [0, 0.1) is 0 Å². The Morgan fingerprint density at radius 1 is 0.800 bits per heavy atom. The Balaban J connectivity index is 2.20. The Kier molecular flexibility index (Phi) is 1.57. The zero-order chi connectivity index (χ0) is 10.4. The first kappa shape index (κ1) is 8.41. The van der Waals surface area contributed by atoms with Gasteiger partial charge in [-0.25, -0.2) is 0 Å². The third-order valence-electron chi connectivity index (χ3n) is 2.72. The highest BCUT2D eigenvalue weighted by Crippen LogP contribution is 2.31. The number of allylic oxidation sites excluding steroid dienone is 2. The largest absolute Gasteiger partial charge is 0.457 e. The number of carbonyl (C=O) groups excluding carboxylic acids is 2. The molecule has 15 heavy (non-hydrogen) atoms. The fraction of sp³-hybridized carbons (Fsp3) is 0.167. The second-order valence-corrected chi connectivity index (χ2v) is 3.74. The van der Waals surface area contributed by atoms with Crippen molar-refractivity contribution in [3.05, 3.63) is 34.8 Å². The predicted octanol–water partition coefficient (Wildman–Crippen LogP) is 1.56. The molecule has 0 spiro atoms. The van der Waals surface area contributed by atoms with Crippen molar-refractivity contribution in [3.63, 3.8) is 0 Å². The van der Waals surface area contributed by atoms with Crippen molar-refractivity contribution in [2.24, 2.45) is 0 Å². The minimum absolute atomic E-state index is 0.0631. The molecule has 74 valence electrons. The van der Waals surface area contributed by atoms with Crippen LogP contribution in [-0.4, -0.2) is 11.6 Å². The summed E-state index contributed by atoms with van der Waals surface area (Å²) < 4.78 is 5.55. The summed E-state index contributed by atoms with van der Waals surface area (Å²) in [6, 6.07) is 0. The van der Waals surface area contributed by atoms with Gasteiger partial charge in [0.05, 0.1) is 0 Å². The first-order valence-electron chi connectivity index (χ1n) is 4.80. The van der Waals surface area contributed by atoms with Gasteiger partial charge < -0.3 is 4.42 Å². The highest BCUT2D eigenvalue weighted by molar-refractivity contribution is 6.01. The summed E-state index contributed by atoms with van der Waals surface area (Å²) in [6.07, 6.45) is 7.10. The fourth-order valence-corrected chi connectivity index (χ4v) is 2.00. The fourth-order valence-electron chi connectivity index (χ4n) is 2.00. The average molecular weight is 200 g/mol. The van der Waals surface area contributed by atoms with E-state index < -0.39 is 0 Å². The third-order valence-corrected chi connectivity index (χ3v) is 2.72. The van der Waals surface area contributed by atoms with Crippen LogP contribution in [0.4, 0.5) is 0 Å². The van der Waals surface area contributed by atoms with E-state index >= 15 is 0 Å². The lowest BCUT2D eigenvalue weighted by Crippen LogP contribution is -2.09. The molecule has 0 aromatic carbocycles. The van der Waals surface area contributed by atoms with E-state index in [2.05, 4.69) is 0 Å². The molecule has 1 aromatic rings. The number of hydrogen-bond acceptors (Lipinski definition) is 3. The van der Waals surface area contributed by atoms with Gasteiger partial charge in [0.25, 0.3) is 0 Å². The van der Waals surface area contributed by atoms with Gasteiger partial charge in [-0.05, 0) is 24.3 Å². The molecule has 2 aliphatic carbocycles. The van der Waals surface area contributed by atoms with E-state index in [-0.39, 0.29) is 11.6 Å². The molecule has 3 rings (SSSR count). The summed E-state index contributed by atoms with van der Waals surface area (Å²) in [4.78, 5) is 22.5. The molecule has 0 radical (unpaired) electrons. The van der Waals surface area contributed by atoms with Crippen LogP contribution in [0.15, 0.2) is 16.6 Å². The van der Waals surface area contributed by atoms with Crippen LogP contribution in [0.5, 0.6) is 0 Å². The highest BCUT2D eigenvalue weighted by atomic mass is 16.3. The molecule has 0 fully saturated rings. The van der Waals surface area contributed by atoms with Gasteiger partial charge in [-0.2, -0.15) is 0 Å². The Morgan fingerprint density at radius 2 is 1.27 bits per heavy atom. The van der Waals surface area contributed by atoms with Gasteiger partial charge in [-0.3, -0.25) is 9.59 Å². The van der Waals surface area contributed by atoms with Crippen LogP contribution in [-0.2, 0) is 22.4 Å². The van der Waals surface area contributed by atoms with Crippen molar-refractivity contribution >= 4 is 23.7 Å². The van der Waals surface area contributed by atoms with Gasteiger partial charge in [-0.1, -0.05) is 0 Å². The molecule has 3 heteroatoms. The number of fused-ring (bicyclic) bond motifs is 3. The molecule has 0 atom stereocenters. The van der Waals surface area contributed by atoms with Crippen LogP contribution >= 0.6 is 0 Å². The number of carbonyl (C=O) groups is 2. The van der Waals surface area contributed by atoms with Gasteiger partial charge in [0.15, 0.2) is 11.6 Å². The molecule has 0 saturated carbocycles. The molecule has 0 N–H and O–H groups in total. The lowest BCUT2D eigenvalue weighted by Gasteiger charge is -2.06. The number of ketones is 2. The van der Waals surface area contributed by atoms with Crippen molar-refractivity contribution in [3.8, 4) is 0 Å². The van der Waals surface area contributed by atoms with Crippen LogP contribution in [0.1, 0.15) is 22.6 Å². The smallest absolute Gasteiger partial charge is 0.160 e. The van der Waals surface area contributed by atoms with Crippen molar-refractivity contribution < 1.29 is 14.0 Å². The molecule has 2 aliphatic rings. The van der Waals surface area contributed by atoms with Crippen LogP contribution in [0.25, 0.3) is 12.2 Å². The maximum atomic E-state index is 11.3.